The van der Waals surface area contributed by atoms with E-state index in [0.29, 0.717) is 6.04 Å². The Balaban J connectivity index is 1.74. The molecule has 2 aromatic rings. The van der Waals surface area contributed by atoms with Crippen LogP contribution in [0.4, 0.5) is 0 Å². The van der Waals surface area contributed by atoms with Gasteiger partial charge in [-0.2, -0.15) is 0 Å². The van der Waals surface area contributed by atoms with Crippen LogP contribution in [-0.4, -0.2) is 26.8 Å². The van der Waals surface area contributed by atoms with Crippen molar-refractivity contribution in [2.75, 3.05) is 20.8 Å². The van der Waals surface area contributed by atoms with Crippen LogP contribution in [0.15, 0.2) is 42.5 Å². The van der Waals surface area contributed by atoms with E-state index in [9.17, 15) is 0 Å². The molecule has 0 amide bonds. The Bertz CT molecular complexity index is 708. The molecule has 5 heteroatoms. The Morgan fingerprint density at radius 1 is 1.16 bits per heavy atom. The summed E-state index contributed by atoms with van der Waals surface area (Å²) in [5.41, 5.74) is 2.32. The van der Waals surface area contributed by atoms with Crippen LogP contribution < -0.4 is 20.1 Å². The molecule has 0 aromatic heterocycles. The van der Waals surface area contributed by atoms with Gasteiger partial charge in [0.2, 0.25) is 0 Å². The molecule has 1 saturated heterocycles. The quantitative estimate of drug-likeness (QED) is 0.818. The number of hydrogen-bond acceptors (Lipinski definition) is 4. The van der Waals surface area contributed by atoms with Gasteiger partial charge in [0.25, 0.3) is 0 Å². The largest absolute Gasteiger partial charge is 0.497 e. The molecule has 4 nitrogen and oxygen atoms in total. The van der Waals surface area contributed by atoms with Crippen LogP contribution in [0.5, 0.6) is 11.5 Å². The maximum atomic E-state index is 6.14. The minimum absolute atomic E-state index is 0.258. The first-order chi connectivity index (χ1) is 12.2. The minimum Gasteiger partial charge on any atom is -0.497 e. The zero-order valence-electron chi connectivity index (χ0n) is 14.7. The van der Waals surface area contributed by atoms with Crippen LogP contribution >= 0.6 is 11.6 Å². The van der Waals surface area contributed by atoms with Crippen LogP contribution in [0.1, 0.15) is 30.0 Å². The molecule has 1 fully saturated rings. The Morgan fingerprint density at radius 2 is 2.04 bits per heavy atom. The van der Waals surface area contributed by atoms with Crippen molar-refractivity contribution in [2.24, 2.45) is 0 Å². The van der Waals surface area contributed by atoms with E-state index >= 15 is 0 Å². The van der Waals surface area contributed by atoms with E-state index in [1.807, 2.05) is 30.3 Å². The molecule has 1 aliphatic heterocycles. The van der Waals surface area contributed by atoms with E-state index in [1.54, 1.807) is 14.2 Å². The number of halogens is 1. The molecule has 134 valence electrons. The molecule has 2 atom stereocenters. The summed E-state index contributed by atoms with van der Waals surface area (Å²) in [5, 5.41) is 8.05. The van der Waals surface area contributed by atoms with Crippen molar-refractivity contribution in [3.8, 4) is 11.5 Å². The van der Waals surface area contributed by atoms with E-state index in [0.717, 1.165) is 48.0 Å². The van der Waals surface area contributed by atoms with Crippen molar-refractivity contribution in [1.29, 1.82) is 0 Å². The lowest BCUT2D eigenvalue weighted by Crippen LogP contribution is -2.45. The molecule has 3 rings (SSSR count). The Labute approximate surface area is 154 Å². The van der Waals surface area contributed by atoms with Crippen molar-refractivity contribution in [3.63, 3.8) is 0 Å². The minimum atomic E-state index is 0.258. The summed E-state index contributed by atoms with van der Waals surface area (Å²) in [6, 6.07) is 14.6. The average molecular weight is 361 g/mol. The predicted octanol–water partition coefficient (Wildman–Crippen LogP) is 3.94. The maximum Gasteiger partial charge on any atom is 0.123 e. The van der Waals surface area contributed by atoms with E-state index in [1.165, 1.54) is 5.56 Å². The fraction of sp³-hybridized carbons (Fsp3) is 0.400. The Hall–Kier alpha value is -1.75. The molecule has 0 saturated carbocycles. The van der Waals surface area contributed by atoms with Crippen LogP contribution in [0.25, 0.3) is 0 Å². The summed E-state index contributed by atoms with van der Waals surface area (Å²) in [5.74, 6) is 1.75. The lowest BCUT2D eigenvalue weighted by molar-refractivity contribution is 0.302. The number of piperidine rings is 1. The number of nitrogens with one attached hydrogen (secondary N) is 2. The molecular weight excluding hydrogens is 336 g/mol. The smallest absolute Gasteiger partial charge is 0.123 e. The SMILES string of the molecule is COc1cccc([C@@H]2NCCC[C@@H]2NCc2cc(Cl)ccc2OC)c1. The number of benzene rings is 2. The number of rotatable bonds is 6. The third-order valence-electron chi connectivity index (χ3n) is 4.71. The molecule has 1 heterocycles. The van der Waals surface area contributed by atoms with E-state index < -0.39 is 0 Å². The molecule has 1 aliphatic rings. The van der Waals surface area contributed by atoms with Gasteiger partial charge in [0.1, 0.15) is 11.5 Å². The average Bonchev–Trinajstić information content (AvgIpc) is 2.66. The lowest BCUT2D eigenvalue weighted by Gasteiger charge is -2.34. The van der Waals surface area contributed by atoms with Crippen LogP contribution in [0, 0.1) is 0 Å². The van der Waals surface area contributed by atoms with Gasteiger partial charge in [-0.1, -0.05) is 23.7 Å². The highest BCUT2D eigenvalue weighted by Gasteiger charge is 2.26. The van der Waals surface area contributed by atoms with Crippen molar-refractivity contribution in [3.05, 3.63) is 58.6 Å². The summed E-state index contributed by atoms with van der Waals surface area (Å²) in [7, 11) is 3.39. The molecule has 0 unspecified atom stereocenters. The number of hydrogen-bond donors (Lipinski definition) is 2. The second-order valence-corrected chi connectivity index (χ2v) is 6.73. The fourth-order valence-corrected chi connectivity index (χ4v) is 3.61. The van der Waals surface area contributed by atoms with Crippen molar-refractivity contribution in [2.45, 2.75) is 31.5 Å². The van der Waals surface area contributed by atoms with Crippen molar-refractivity contribution >= 4 is 11.6 Å². The third kappa shape index (κ3) is 4.46. The monoisotopic (exact) mass is 360 g/mol. The molecule has 0 aliphatic carbocycles. The standard InChI is InChI=1S/C20H25ClN2O2/c1-24-17-6-3-5-14(12-17)20-18(7-4-10-22-20)23-13-15-11-16(21)8-9-19(15)25-2/h3,5-6,8-9,11-12,18,20,22-23H,4,7,10,13H2,1-2H3/t18-,20-/m0/s1. The van der Waals surface area contributed by atoms with Gasteiger partial charge >= 0.3 is 0 Å². The van der Waals surface area contributed by atoms with Gasteiger partial charge in [0.05, 0.1) is 14.2 Å². The topological polar surface area (TPSA) is 42.5 Å². The summed E-state index contributed by atoms with van der Waals surface area (Å²) >= 11 is 6.14. The summed E-state index contributed by atoms with van der Waals surface area (Å²) in [4.78, 5) is 0. The van der Waals surface area contributed by atoms with Crippen molar-refractivity contribution in [1.82, 2.24) is 10.6 Å². The third-order valence-corrected chi connectivity index (χ3v) is 4.94. The highest BCUT2D eigenvalue weighted by molar-refractivity contribution is 6.30. The van der Waals surface area contributed by atoms with Crippen molar-refractivity contribution < 1.29 is 9.47 Å². The molecular formula is C20H25ClN2O2. The van der Waals surface area contributed by atoms with Gasteiger partial charge in [-0.25, -0.2) is 0 Å². The normalized spacial score (nSPS) is 20.3. The molecule has 25 heavy (non-hydrogen) atoms. The highest BCUT2D eigenvalue weighted by atomic mass is 35.5. The summed E-state index contributed by atoms with van der Waals surface area (Å²) < 4.78 is 10.8. The fourth-order valence-electron chi connectivity index (χ4n) is 3.42. The molecule has 2 aromatic carbocycles. The second-order valence-electron chi connectivity index (χ2n) is 6.29. The van der Waals surface area contributed by atoms with E-state index in [-0.39, 0.29) is 6.04 Å². The van der Waals surface area contributed by atoms with Gasteiger partial charge in [0.15, 0.2) is 0 Å². The predicted molar refractivity (Wildman–Crippen MR) is 102 cm³/mol. The first-order valence-corrected chi connectivity index (χ1v) is 9.02. The summed E-state index contributed by atoms with van der Waals surface area (Å²) in [6.45, 7) is 1.75. The number of methoxy groups -OCH3 is 2. The zero-order valence-corrected chi connectivity index (χ0v) is 15.5. The van der Waals surface area contributed by atoms with Crippen LogP contribution in [0.2, 0.25) is 5.02 Å². The molecule has 0 bridgehead atoms. The second kappa shape index (κ2) is 8.56. The Morgan fingerprint density at radius 3 is 2.84 bits per heavy atom. The lowest BCUT2D eigenvalue weighted by atomic mass is 9.92. The van der Waals surface area contributed by atoms with Gasteiger partial charge < -0.3 is 20.1 Å². The molecule has 0 spiro atoms. The van der Waals surface area contributed by atoms with E-state index in [2.05, 4.69) is 22.8 Å². The van der Waals surface area contributed by atoms with Gasteiger partial charge in [-0.05, 0) is 55.3 Å². The summed E-state index contributed by atoms with van der Waals surface area (Å²) in [6.07, 6.45) is 2.28. The number of ether oxygens (including phenoxy) is 2. The van der Waals surface area contributed by atoms with Gasteiger partial charge in [-0.3, -0.25) is 0 Å². The highest BCUT2D eigenvalue weighted by Crippen LogP contribution is 2.28. The van der Waals surface area contributed by atoms with Gasteiger partial charge in [-0.15, -0.1) is 0 Å². The molecule has 2 N–H and O–H groups in total. The van der Waals surface area contributed by atoms with Gasteiger partial charge in [0, 0.05) is 29.2 Å². The zero-order chi connectivity index (χ0) is 17.6. The Kier molecular flexibility index (Phi) is 6.19. The van der Waals surface area contributed by atoms with E-state index in [4.69, 9.17) is 21.1 Å². The molecule has 0 radical (unpaired) electrons. The van der Waals surface area contributed by atoms with Crippen LogP contribution in [-0.2, 0) is 6.54 Å². The first-order valence-electron chi connectivity index (χ1n) is 8.64. The van der Waals surface area contributed by atoms with Crippen LogP contribution in [0.3, 0.4) is 0 Å². The maximum absolute atomic E-state index is 6.14. The first kappa shape index (κ1) is 18.1.